The molecule has 1 unspecified atom stereocenters. The highest BCUT2D eigenvalue weighted by Gasteiger charge is 2.47. The minimum absolute atomic E-state index is 0.0309. The molecule has 0 spiro atoms. The molecule has 1 aromatic heterocycles. The van der Waals surface area contributed by atoms with Crippen LogP contribution < -0.4 is 10.2 Å². The number of hydrogen-bond donors (Lipinski definition) is 1. The number of anilines is 3. The molecule has 3 amide bonds. The first-order chi connectivity index (χ1) is 16.5. The van der Waals surface area contributed by atoms with Crippen LogP contribution in [0, 0.1) is 0 Å². The van der Waals surface area contributed by atoms with Gasteiger partial charge in [0.25, 0.3) is 15.7 Å². The number of para-hydroxylation sites is 1. The molecule has 2 heterocycles. The standard InChI is InChI=1S/C23H19F3N4O4S/c1-15-21(31)30(18-7-9-19(10-8-18)35(33,34)23(24,25)26)22(32)29(15)14-16-11-12-27-20(13-16)28-17-5-3-2-4-6-17/h2-13,15H,14H2,1H3,(H,27,28). The molecule has 182 valence electrons. The molecule has 0 saturated carbocycles. The van der Waals surface area contributed by atoms with Crippen LogP contribution in [0.1, 0.15) is 12.5 Å². The van der Waals surface area contributed by atoms with Crippen molar-refractivity contribution < 1.29 is 31.2 Å². The van der Waals surface area contributed by atoms with Crippen molar-refractivity contribution >= 4 is 39.0 Å². The first-order valence-corrected chi connectivity index (χ1v) is 11.8. The van der Waals surface area contributed by atoms with Crippen molar-refractivity contribution in [2.75, 3.05) is 10.2 Å². The van der Waals surface area contributed by atoms with Crippen molar-refractivity contribution in [1.29, 1.82) is 0 Å². The fraction of sp³-hybridized carbons (Fsp3) is 0.174. The van der Waals surface area contributed by atoms with Gasteiger partial charge in [0.1, 0.15) is 11.9 Å². The molecule has 8 nitrogen and oxygen atoms in total. The zero-order chi connectivity index (χ0) is 25.4. The van der Waals surface area contributed by atoms with E-state index in [2.05, 4.69) is 10.3 Å². The van der Waals surface area contributed by atoms with Gasteiger partial charge in [0, 0.05) is 18.4 Å². The van der Waals surface area contributed by atoms with Crippen LogP contribution in [0.5, 0.6) is 0 Å². The van der Waals surface area contributed by atoms with Crippen LogP contribution in [0.4, 0.5) is 35.2 Å². The second-order valence-corrected chi connectivity index (χ2v) is 9.68. The van der Waals surface area contributed by atoms with E-state index in [0.29, 0.717) is 11.4 Å². The summed E-state index contributed by atoms with van der Waals surface area (Å²) in [6.45, 7) is 1.61. The number of urea groups is 1. The summed E-state index contributed by atoms with van der Waals surface area (Å²) in [4.78, 5) is 31.3. The first-order valence-electron chi connectivity index (χ1n) is 10.3. The van der Waals surface area contributed by atoms with Gasteiger partial charge in [-0.05, 0) is 61.0 Å². The molecule has 2 aromatic carbocycles. The van der Waals surface area contributed by atoms with Crippen molar-refractivity contribution in [1.82, 2.24) is 9.88 Å². The minimum Gasteiger partial charge on any atom is -0.340 e. The average Bonchev–Trinajstić information content (AvgIpc) is 3.02. The third-order valence-corrected chi connectivity index (χ3v) is 6.92. The van der Waals surface area contributed by atoms with Gasteiger partial charge in [-0.2, -0.15) is 13.2 Å². The van der Waals surface area contributed by atoms with Gasteiger partial charge in [-0.3, -0.25) is 4.79 Å². The highest BCUT2D eigenvalue weighted by atomic mass is 32.2. The SMILES string of the molecule is CC1C(=O)N(c2ccc(S(=O)(=O)C(F)(F)F)cc2)C(=O)N1Cc1ccnc(Nc2ccccc2)c1. The Kier molecular flexibility index (Phi) is 6.24. The Morgan fingerprint density at radius 2 is 1.66 bits per heavy atom. The largest absolute Gasteiger partial charge is 0.501 e. The van der Waals surface area contributed by atoms with E-state index in [4.69, 9.17) is 0 Å². The Balaban J connectivity index is 1.53. The lowest BCUT2D eigenvalue weighted by Crippen LogP contribution is -2.33. The second kappa shape index (κ2) is 9.02. The number of aromatic nitrogens is 1. The number of carbonyl (C=O) groups is 2. The van der Waals surface area contributed by atoms with Crippen molar-refractivity contribution in [2.24, 2.45) is 0 Å². The van der Waals surface area contributed by atoms with Crippen molar-refractivity contribution in [3.05, 3.63) is 78.5 Å². The van der Waals surface area contributed by atoms with E-state index in [1.54, 1.807) is 18.3 Å². The van der Waals surface area contributed by atoms with Gasteiger partial charge in [0.2, 0.25) is 0 Å². The molecule has 1 aliphatic rings. The summed E-state index contributed by atoms with van der Waals surface area (Å²) in [5.41, 5.74) is -3.98. The summed E-state index contributed by atoms with van der Waals surface area (Å²) in [6.07, 6.45) is 1.56. The average molecular weight is 504 g/mol. The molecular weight excluding hydrogens is 485 g/mol. The van der Waals surface area contributed by atoms with Crippen LogP contribution in [-0.4, -0.2) is 41.8 Å². The Morgan fingerprint density at radius 1 is 1.00 bits per heavy atom. The molecule has 0 radical (unpaired) electrons. The number of halogens is 3. The van der Waals surface area contributed by atoms with Crippen LogP contribution in [-0.2, 0) is 21.2 Å². The molecule has 1 N–H and O–H groups in total. The molecule has 1 fully saturated rings. The summed E-state index contributed by atoms with van der Waals surface area (Å²) < 4.78 is 61.5. The quantitative estimate of drug-likeness (QED) is 0.497. The molecule has 35 heavy (non-hydrogen) atoms. The number of carbonyl (C=O) groups excluding carboxylic acids is 2. The molecule has 0 bridgehead atoms. The maximum Gasteiger partial charge on any atom is 0.501 e. The molecule has 1 saturated heterocycles. The summed E-state index contributed by atoms with van der Waals surface area (Å²) in [5.74, 6) is -0.0456. The lowest BCUT2D eigenvalue weighted by Gasteiger charge is -2.20. The Morgan fingerprint density at radius 3 is 2.29 bits per heavy atom. The topological polar surface area (TPSA) is 99.7 Å². The van der Waals surface area contributed by atoms with E-state index in [9.17, 15) is 31.2 Å². The van der Waals surface area contributed by atoms with E-state index >= 15 is 0 Å². The summed E-state index contributed by atoms with van der Waals surface area (Å²) in [6, 6.07) is 14.7. The lowest BCUT2D eigenvalue weighted by molar-refractivity contribution is -0.119. The number of imide groups is 1. The summed E-state index contributed by atoms with van der Waals surface area (Å²) in [7, 11) is -5.54. The van der Waals surface area contributed by atoms with Crippen LogP contribution in [0.15, 0.2) is 77.8 Å². The van der Waals surface area contributed by atoms with Gasteiger partial charge in [-0.1, -0.05) is 18.2 Å². The number of amides is 3. The van der Waals surface area contributed by atoms with Crippen LogP contribution in [0.3, 0.4) is 0 Å². The molecule has 1 atom stereocenters. The third-order valence-electron chi connectivity index (χ3n) is 5.42. The number of rotatable bonds is 6. The van der Waals surface area contributed by atoms with Gasteiger partial charge < -0.3 is 10.2 Å². The number of nitrogens with zero attached hydrogens (tertiary/aromatic N) is 3. The van der Waals surface area contributed by atoms with E-state index in [1.807, 2.05) is 30.3 Å². The van der Waals surface area contributed by atoms with Gasteiger partial charge in [0.15, 0.2) is 0 Å². The number of sulfone groups is 1. The Hall–Kier alpha value is -3.93. The molecule has 3 aromatic rings. The monoisotopic (exact) mass is 504 g/mol. The fourth-order valence-corrected chi connectivity index (χ4v) is 4.33. The van der Waals surface area contributed by atoms with E-state index in [1.165, 1.54) is 11.8 Å². The summed E-state index contributed by atoms with van der Waals surface area (Å²) in [5, 5.41) is 3.14. The first kappa shape index (κ1) is 24.2. The van der Waals surface area contributed by atoms with E-state index in [0.717, 1.165) is 34.9 Å². The maximum atomic E-state index is 13.0. The molecule has 4 rings (SSSR count). The predicted octanol–water partition coefficient (Wildman–Crippen LogP) is 4.48. The minimum atomic E-state index is -5.54. The van der Waals surface area contributed by atoms with Crippen molar-refractivity contribution in [3.8, 4) is 0 Å². The number of pyridine rings is 1. The molecule has 0 aliphatic carbocycles. The highest BCUT2D eigenvalue weighted by Crippen LogP contribution is 2.33. The van der Waals surface area contributed by atoms with Crippen molar-refractivity contribution in [2.45, 2.75) is 29.9 Å². The van der Waals surface area contributed by atoms with Crippen LogP contribution >= 0.6 is 0 Å². The normalized spacial score (nSPS) is 16.6. The number of nitrogens with one attached hydrogen (secondary N) is 1. The van der Waals surface area contributed by atoms with Crippen molar-refractivity contribution in [3.63, 3.8) is 0 Å². The smallest absolute Gasteiger partial charge is 0.340 e. The zero-order valence-electron chi connectivity index (χ0n) is 18.2. The van der Waals surface area contributed by atoms with E-state index < -0.39 is 38.2 Å². The maximum absolute atomic E-state index is 13.0. The van der Waals surface area contributed by atoms with Gasteiger partial charge in [0.05, 0.1) is 10.6 Å². The third kappa shape index (κ3) is 4.69. The number of alkyl halides is 3. The van der Waals surface area contributed by atoms with Crippen LogP contribution in [0.2, 0.25) is 0 Å². The van der Waals surface area contributed by atoms with Gasteiger partial charge in [-0.15, -0.1) is 0 Å². The van der Waals surface area contributed by atoms with Gasteiger partial charge >= 0.3 is 11.5 Å². The Labute approximate surface area is 198 Å². The zero-order valence-corrected chi connectivity index (χ0v) is 19.0. The lowest BCUT2D eigenvalue weighted by atomic mass is 10.2. The molecule has 12 heteroatoms. The predicted molar refractivity (Wildman–Crippen MR) is 122 cm³/mol. The highest BCUT2D eigenvalue weighted by molar-refractivity contribution is 7.92. The van der Waals surface area contributed by atoms with Crippen LogP contribution in [0.25, 0.3) is 0 Å². The number of hydrogen-bond acceptors (Lipinski definition) is 6. The molecule has 1 aliphatic heterocycles. The fourth-order valence-electron chi connectivity index (χ4n) is 3.57. The Bertz CT molecular complexity index is 1360. The summed E-state index contributed by atoms with van der Waals surface area (Å²) >= 11 is 0. The van der Waals surface area contributed by atoms with Gasteiger partial charge in [-0.25, -0.2) is 23.1 Å². The molecular formula is C23H19F3N4O4S. The van der Waals surface area contributed by atoms with E-state index in [-0.39, 0.29) is 12.2 Å². The second-order valence-electron chi connectivity index (χ2n) is 7.74. The number of benzene rings is 2.